The summed E-state index contributed by atoms with van der Waals surface area (Å²) in [6.45, 7) is 0.541. The molecule has 8 heavy (non-hydrogen) atoms. The minimum Gasteiger partial charge on any atom is -0.366 e. The third-order valence-electron chi connectivity index (χ3n) is 1.25. The topological polar surface area (TPSA) is 78.3 Å². The summed E-state index contributed by atoms with van der Waals surface area (Å²) in [6.07, 6.45) is 0.544. The molecule has 0 saturated carbocycles. The third kappa shape index (κ3) is 0.579. The molecule has 1 amide bonds. The first-order valence-electron chi connectivity index (χ1n) is 2.38. The molecular weight excluding hydrogens is 108 g/mol. The zero-order chi connectivity index (χ0) is 6.20. The van der Waals surface area contributed by atoms with Crippen molar-refractivity contribution in [3.8, 4) is 0 Å². The van der Waals surface area contributed by atoms with Gasteiger partial charge in [0, 0.05) is 6.42 Å². The smallest absolute Gasteiger partial charge is 0.264 e. The molecular formula is C4H8N2O2. The van der Waals surface area contributed by atoms with Gasteiger partial charge in [-0.25, -0.2) is 0 Å². The molecule has 0 bridgehead atoms. The lowest BCUT2D eigenvalue weighted by atomic mass is 10.1. The molecule has 1 rings (SSSR count). The molecule has 0 spiro atoms. The fraction of sp³-hybridized carbons (Fsp3) is 0.750. The largest absolute Gasteiger partial charge is 0.366 e. The molecule has 4 heteroatoms. The van der Waals surface area contributed by atoms with Crippen LogP contribution in [-0.2, 0) is 9.53 Å². The summed E-state index contributed by atoms with van der Waals surface area (Å²) in [5.41, 5.74) is 8.95. The SMILES string of the molecule is NC(=O)C1(N)CCO1. The Morgan fingerprint density at radius 2 is 2.25 bits per heavy atom. The van der Waals surface area contributed by atoms with Crippen molar-refractivity contribution in [2.45, 2.75) is 12.1 Å². The first kappa shape index (κ1) is 5.53. The maximum absolute atomic E-state index is 10.3. The van der Waals surface area contributed by atoms with Crippen molar-refractivity contribution < 1.29 is 9.53 Å². The van der Waals surface area contributed by atoms with Gasteiger partial charge in [-0.1, -0.05) is 0 Å². The van der Waals surface area contributed by atoms with Crippen molar-refractivity contribution in [1.82, 2.24) is 0 Å². The molecule has 0 aromatic rings. The number of amides is 1. The summed E-state index contributed by atoms with van der Waals surface area (Å²) in [5, 5.41) is 0. The lowest BCUT2D eigenvalue weighted by molar-refractivity contribution is -0.171. The predicted octanol–water partition coefficient (Wildman–Crippen LogP) is -1.45. The zero-order valence-corrected chi connectivity index (χ0v) is 4.39. The number of ether oxygens (including phenoxy) is 1. The summed E-state index contributed by atoms with van der Waals surface area (Å²) in [6, 6.07) is 0. The normalized spacial score (nSPS) is 36.1. The van der Waals surface area contributed by atoms with Crippen LogP contribution < -0.4 is 11.5 Å². The van der Waals surface area contributed by atoms with Crippen molar-refractivity contribution >= 4 is 5.91 Å². The van der Waals surface area contributed by atoms with Gasteiger partial charge in [0.25, 0.3) is 5.91 Å². The van der Waals surface area contributed by atoms with Crippen LogP contribution in [0, 0.1) is 0 Å². The summed E-state index contributed by atoms with van der Waals surface area (Å²) in [4.78, 5) is 10.3. The lowest BCUT2D eigenvalue weighted by Gasteiger charge is -2.34. The molecule has 1 heterocycles. The second kappa shape index (κ2) is 1.43. The van der Waals surface area contributed by atoms with Crippen LogP contribution in [0.1, 0.15) is 6.42 Å². The van der Waals surface area contributed by atoms with E-state index in [1.165, 1.54) is 0 Å². The van der Waals surface area contributed by atoms with Gasteiger partial charge in [0.15, 0.2) is 5.72 Å². The van der Waals surface area contributed by atoms with Crippen molar-refractivity contribution in [2.75, 3.05) is 6.61 Å². The van der Waals surface area contributed by atoms with Gasteiger partial charge < -0.3 is 10.5 Å². The predicted molar refractivity (Wildman–Crippen MR) is 26.7 cm³/mol. The van der Waals surface area contributed by atoms with E-state index in [-0.39, 0.29) is 0 Å². The van der Waals surface area contributed by atoms with E-state index in [2.05, 4.69) is 4.74 Å². The molecule has 1 aliphatic heterocycles. The van der Waals surface area contributed by atoms with Crippen LogP contribution in [0.25, 0.3) is 0 Å². The minimum absolute atomic E-state index is 0.541. The van der Waals surface area contributed by atoms with E-state index in [1.807, 2.05) is 0 Å². The quantitative estimate of drug-likeness (QED) is 0.439. The molecule has 1 saturated heterocycles. The van der Waals surface area contributed by atoms with Crippen molar-refractivity contribution in [3.63, 3.8) is 0 Å². The van der Waals surface area contributed by atoms with Gasteiger partial charge in [-0.15, -0.1) is 0 Å². The second-order valence-electron chi connectivity index (χ2n) is 1.85. The Bertz CT molecular complexity index is 119. The highest BCUT2D eigenvalue weighted by molar-refractivity contribution is 5.83. The maximum atomic E-state index is 10.3. The van der Waals surface area contributed by atoms with E-state index in [4.69, 9.17) is 11.5 Å². The van der Waals surface area contributed by atoms with Crippen LogP contribution in [0.3, 0.4) is 0 Å². The average Bonchev–Trinajstić information content (AvgIpc) is 1.60. The lowest BCUT2D eigenvalue weighted by Crippen LogP contribution is -2.61. The van der Waals surface area contributed by atoms with Crippen LogP contribution in [-0.4, -0.2) is 18.2 Å². The Morgan fingerprint density at radius 3 is 2.25 bits per heavy atom. The highest BCUT2D eigenvalue weighted by atomic mass is 16.5. The van der Waals surface area contributed by atoms with Gasteiger partial charge in [0.2, 0.25) is 0 Å². The van der Waals surface area contributed by atoms with Crippen LogP contribution >= 0.6 is 0 Å². The first-order chi connectivity index (χ1) is 3.65. The average molecular weight is 116 g/mol. The van der Waals surface area contributed by atoms with E-state index >= 15 is 0 Å². The van der Waals surface area contributed by atoms with Gasteiger partial charge in [-0.05, 0) is 0 Å². The molecule has 1 atom stereocenters. The molecule has 0 radical (unpaired) electrons. The molecule has 1 fully saturated rings. The number of hydrogen-bond donors (Lipinski definition) is 2. The van der Waals surface area contributed by atoms with E-state index in [1.54, 1.807) is 0 Å². The van der Waals surface area contributed by atoms with Gasteiger partial charge in [-0.3, -0.25) is 10.5 Å². The van der Waals surface area contributed by atoms with Crippen LogP contribution in [0.4, 0.5) is 0 Å². The van der Waals surface area contributed by atoms with E-state index in [9.17, 15) is 4.79 Å². The van der Waals surface area contributed by atoms with E-state index in [0.29, 0.717) is 13.0 Å². The summed E-state index contributed by atoms with van der Waals surface area (Å²) in [5.74, 6) is -0.580. The number of nitrogens with two attached hydrogens (primary N) is 2. The fourth-order valence-electron chi connectivity index (χ4n) is 0.516. The zero-order valence-electron chi connectivity index (χ0n) is 4.39. The molecule has 1 unspecified atom stereocenters. The standard InChI is InChI=1S/C4H8N2O2/c5-3(7)4(6)1-2-8-4/h1-2,6H2,(H2,5,7). The molecule has 4 nitrogen and oxygen atoms in total. The molecule has 4 N–H and O–H groups in total. The number of carbonyl (C=O) groups excluding carboxylic acids is 1. The minimum atomic E-state index is -1.14. The van der Waals surface area contributed by atoms with Crippen molar-refractivity contribution in [3.05, 3.63) is 0 Å². The molecule has 1 aliphatic rings. The Balaban J connectivity index is 2.53. The molecule has 0 aliphatic carbocycles. The fourth-order valence-corrected chi connectivity index (χ4v) is 0.516. The van der Waals surface area contributed by atoms with E-state index < -0.39 is 11.6 Å². The van der Waals surface area contributed by atoms with Crippen molar-refractivity contribution in [2.24, 2.45) is 11.5 Å². The molecule has 46 valence electrons. The van der Waals surface area contributed by atoms with Gasteiger partial charge in [-0.2, -0.15) is 0 Å². The number of primary amides is 1. The molecule has 0 aromatic carbocycles. The Hall–Kier alpha value is -0.610. The Labute approximate surface area is 46.8 Å². The van der Waals surface area contributed by atoms with Gasteiger partial charge in [0.05, 0.1) is 6.61 Å². The number of carbonyl (C=O) groups is 1. The first-order valence-corrected chi connectivity index (χ1v) is 2.38. The van der Waals surface area contributed by atoms with Crippen molar-refractivity contribution in [1.29, 1.82) is 0 Å². The summed E-state index contributed by atoms with van der Waals surface area (Å²) < 4.78 is 4.68. The summed E-state index contributed by atoms with van der Waals surface area (Å²) in [7, 11) is 0. The van der Waals surface area contributed by atoms with Gasteiger partial charge >= 0.3 is 0 Å². The summed E-state index contributed by atoms with van der Waals surface area (Å²) >= 11 is 0. The highest BCUT2D eigenvalue weighted by Gasteiger charge is 2.39. The molecule has 0 aromatic heterocycles. The number of hydrogen-bond acceptors (Lipinski definition) is 3. The van der Waals surface area contributed by atoms with Crippen LogP contribution in [0.15, 0.2) is 0 Å². The second-order valence-corrected chi connectivity index (χ2v) is 1.85. The Kier molecular flexibility index (Phi) is 0.988. The highest BCUT2D eigenvalue weighted by Crippen LogP contribution is 2.18. The monoisotopic (exact) mass is 116 g/mol. The third-order valence-corrected chi connectivity index (χ3v) is 1.25. The number of rotatable bonds is 1. The van der Waals surface area contributed by atoms with Crippen LogP contribution in [0.5, 0.6) is 0 Å². The Morgan fingerprint density at radius 1 is 1.75 bits per heavy atom. The maximum Gasteiger partial charge on any atom is 0.264 e. The van der Waals surface area contributed by atoms with E-state index in [0.717, 1.165) is 0 Å². The van der Waals surface area contributed by atoms with Crippen LogP contribution in [0.2, 0.25) is 0 Å². The van der Waals surface area contributed by atoms with Gasteiger partial charge in [0.1, 0.15) is 0 Å².